The molecule has 2 aliphatic rings. The summed E-state index contributed by atoms with van der Waals surface area (Å²) >= 11 is 0. The Hall–Kier alpha value is -3.15. The van der Waals surface area contributed by atoms with Crippen molar-refractivity contribution < 1.29 is 9.59 Å². The number of nitrogens with zero attached hydrogens (tertiary/aromatic N) is 4. The van der Waals surface area contributed by atoms with Crippen molar-refractivity contribution in [1.82, 2.24) is 19.4 Å². The summed E-state index contributed by atoms with van der Waals surface area (Å²) in [6.07, 6.45) is 6.06. The summed E-state index contributed by atoms with van der Waals surface area (Å²) < 4.78 is 1.81. The van der Waals surface area contributed by atoms with Gasteiger partial charge in [0.2, 0.25) is 0 Å². The molecule has 2 fully saturated rings. The molecule has 0 saturated carbocycles. The van der Waals surface area contributed by atoms with Crippen molar-refractivity contribution in [2.45, 2.75) is 25.7 Å². The minimum Gasteiger partial charge on any atom is -0.339 e. The average Bonchev–Trinajstić information content (AvgIpc) is 3.17. The molecule has 3 aromatic rings. The van der Waals surface area contributed by atoms with E-state index in [1.165, 1.54) is 6.42 Å². The van der Waals surface area contributed by atoms with Gasteiger partial charge in [-0.15, -0.1) is 0 Å². The first kappa shape index (κ1) is 17.9. The summed E-state index contributed by atoms with van der Waals surface area (Å²) in [6, 6.07) is 13.5. The zero-order chi connectivity index (χ0) is 19.8. The molecule has 0 radical (unpaired) electrons. The van der Waals surface area contributed by atoms with Crippen LogP contribution in [0.25, 0.3) is 16.8 Å². The van der Waals surface area contributed by atoms with E-state index in [1.807, 2.05) is 56.8 Å². The number of aromatic nitrogens is 2. The minimum atomic E-state index is 0.0542. The van der Waals surface area contributed by atoms with Crippen molar-refractivity contribution in [3.63, 3.8) is 0 Å². The van der Waals surface area contributed by atoms with Crippen LogP contribution in [-0.4, -0.2) is 57.4 Å². The van der Waals surface area contributed by atoms with Crippen LogP contribution in [0.2, 0.25) is 0 Å². The van der Waals surface area contributed by atoms with Gasteiger partial charge in [-0.3, -0.25) is 9.59 Å². The molecule has 5 rings (SSSR count). The topological polar surface area (TPSA) is 57.9 Å². The summed E-state index contributed by atoms with van der Waals surface area (Å²) in [4.78, 5) is 29.4. The van der Waals surface area contributed by atoms with Gasteiger partial charge in [0, 0.05) is 37.3 Å². The Labute approximate surface area is 169 Å². The molecule has 0 spiro atoms. The molecular formula is C23H24N4O2. The number of piperidine rings is 1. The molecular weight excluding hydrogens is 364 g/mol. The lowest BCUT2D eigenvalue weighted by molar-refractivity contribution is 0.0651. The fourth-order valence-corrected chi connectivity index (χ4v) is 4.18. The normalized spacial score (nSPS) is 16.7. The first-order valence-corrected chi connectivity index (χ1v) is 10.4. The summed E-state index contributed by atoms with van der Waals surface area (Å²) in [5, 5.41) is 4.52. The highest BCUT2D eigenvalue weighted by Gasteiger charge is 2.23. The third-order valence-electron chi connectivity index (χ3n) is 5.97. The number of benzene rings is 1. The second-order valence-electron chi connectivity index (χ2n) is 7.85. The van der Waals surface area contributed by atoms with Crippen molar-refractivity contribution in [2.24, 2.45) is 0 Å². The Morgan fingerprint density at radius 2 is 1.52 bits per heavy atom. The van der Waals surface area contributed by atoms with E-state index in [0.29, 0.717) is 11.1 Å². The number of hydrogen-bond acceptors (Lipinski definition) is 3. The SMILES string of the molecule is O=C(c1cccc(-c2cccc3c(C(=O)N4CCCCC4)cnn23)c1)N1CCC1. The van der Waals surface area contributed by atoms with E-state index in [9.17, 15) is 9.59 Å². The van der Waals surface area contributed by atoms with Gasteiger partial charge in [-0.1, -0.05) is 18.2 Å². The third-order valence-corrected chi connectivity index (χ3v) is 5.97. The minimum absolute atomic E-state index is 0.0542. The Morgan fingerprint density at radius 3 is 2.28 bits per heavy atom. The van der Waals surface area contributed by atoms with Crippen LogP contribution in [0.15, 0.2) is 48.7 Å². The molecule has 6 nitrogen and oxygen atoms in total. The molecule has 2 aromatic heterocycles. The molecule has 0 atom stereocenters. The number of carbonyl (C=O) groups excluding carboxylic acids is 2. The molecule has 2 amide bonds. The molecule has 6 heteroatoms. The van der Waals surface area contributed by atoms with Crippen LogP contribution in [0.4, 0.5) is 0 Å². The van der Waals surface area contributed by atoms with Crippen LogP contribution in [-0.2, 0) is 0 Å². The molecule has 29 heavy (non-hydrogen) atoms. The highest BCUT2D eigenvalue weighted by Crippen LogP contribution is 2.25. The Morgan fingerprint density at radius 1 is 0.793 bits per heavy atom. The molecule has 1 aromatic carbocycles. The van der Waals surface area contributed by atoms with Gasteiger partial charge in [0.1, 0.15) is 0 Å². The van der Waals surface area contributed by atoms with Crippen LogP contribution in [0.1, 0.15) is 46.4 Å². The molecule has 0 bridgehead atoms. The fourth-order valence-electron chi connectivity index (χ4n) is 4.18. The average molecular weight is 388 g/mol. The lowest BCUT2D eigenvalue weighted by atomic mass is 10.0. The smallest absolute Gasteiger partial charge is 0.257 e. The van der Waals surface area contributed by atoms with Gasteiger partial charge in [-0.2, -0.15) is 5.10 Å². The first-order valence-electron chi connectivity index (χ1n) is 10.4. The molecule has 2 aliphatic heterocycles. The van der Waals surface area contributed by atoms with Crippen LogP contribution in [0.5, 0.6) is 0 Å². The Kier molecular flexibility index (Phi) is 4.54. The number of likely N-dealkylation sites (tertiary alicyclic amines) is 2. The highest BCUT2D eigenvalue weighted by molar-refractivity contribution is 6.01. The quantitative estimate of drug-likeness (QED) is 0.690. The maximum atomic E-state index is 13.0. The van der Waals surface area contributed by atoms with Crippen LogP contribution < -0.4 is 0 Å². The monoisotopic (exact) mass is 388 g/mol. The first-order chi connectivity index (χ1) is 14.2. The van der Waals surface area contributed by atoms with Crippen molar-refractivity contribution in [3.05, 3.63) is 59.8 Å². The number of fused-ring (bicyclic) bond motifs is 1. The van der Waals surface area contributed by atoms with E-state index in [-0.39, 0.29) is 11.8 Å². The van der Waals surface area contributed by atoms with Gasteiger partial charge in [-0.05, 0) is 49.9 Å². The van der Waals surface area contributed by atoms with E-state index in [4.69, 9.17) is 0 Å². The molecule has 148 valence electrons. The number of hydrogen-bond donors (Lipinski definition) is 0. The number of carbonyl (C=O) groups is 2. The van der Waals surface area contributed by atoms with Crippen LogP contribution >= 0.6 is 0 Å². The van der Waals surface area contributed by atoms with Crippen molar-refractivity contribution in [1.29, 1.82) is 0 Å². The van der Waals surface area contributed by atoms with E-state index >= 15 is 0 Å². The number of amides is 2. The molecule has 0 aliphatic carbocycles. The number of pyridine rings is 1. The largest absolute Gasteiger partial charge is 0.339 e. The van der Waals surface area contributed by atoms with Crippen molar-refractivity contribution in [2.75, 3.05) is 26.2 Å². The molecule has 2 saturated heterocycles. The van der Waals surface area contributed by atoms with Crippen molar-refractivity contribution in [3.8, 4) is 11.3 Å². The maximum absolute atomic E-state index is 13.0. The molecule has 4 heterocycles. The zero-order valence-electron chi connectivity index (χ0n) is 16.4. The summed E-state index contributed by atoms with van der Waals surface area (Å²) in [7, 11) is 0. The predicted octanol–water partition coefficient (Wildman–Crippen LogP) is 3.47. The van der Waals surface area contributed by atoms with Gasteiger partial charge >= 0.3 is 0 Å². The third kappa shape index (κ3) is 3.18. The summed E-state index contributed by atoms with van der Waals surface area (Å²) in [5.41, 5.74) is 3.93. The highest BCUT2D eigenvalue weighted by atomic mass is 16.2. The Balaban J connectivity index is 1.51. The van der Waals surface area contributed by atoms with E-state index in [1.54, 1.807) is 6.20 Å². The number of rotatable bonds is 3. The standard InChI is InChI=1S/C23H24N4O2/c28-22(25-13-6-14-25)18-8-4-7-17(15-18)20-9-5-10-21-19(16-24-27(20)21)23(29)26-11-2-1-3-12-26/h4-5,7-10,15-16H,1-3,6,11-14H2. The fraction of sp³-hybridized carbons (Fsp3) is 0.348. The van der Waals surface area contributed by atoms with Gasteiger partial charge in [0.25, 0.3) is 11.8 Å². The van der Waals surface area contributed by atoms with Crippen LogP contribution in [0, 0.1) is 0 Å². The molecule has 0 unspecified atom stereocenters. The van der Waals surface area contributed by atoms with Gasteiger partial charge in [0.05, 0.1) is 23.0 Å². The maximum Gasteiger partial charge on any atom is 0.257 e. The van der Waals surface area contributed by atoms with Crippen LogP contribution in [0.3, 0.4) is 0 Å². The van der Waals surface area contributed by atoms with E-state index in [2.05, 4.69) is 5.10 Å². The lowest BCUT2D eigenvalue weighted by Crippen LogP contribution is -2.42. The summed E-state index contributed by atoms with van der Waals surface area (Å²) in [5.74, 6) is 0.130. The van der Waals surface area contributed by atoms with Crippen molar-refractivity contribution >= 4 is 17.3 Å². The van der Waals surface area contributed by atoms with Gasteiger partial charge in [-0.25, -0.2) is 4.52 Å². The second kappa shape index (κ2) is 7.35. The van der Waals surface area contributed by atoms with E-state index in [0.717, 1.165) is 62.2 Å². The predicted molar refractivity (Wildman–Crippen MR) is 111 cm³/mol. The lowest BCUT2D eigenvalue weighted by Gasteiger charge is -2.31. The van der Waals surface area contributed by atoms with E-state index < -0.39 is 0 Å². The Bertz CT molecular complexity index is 1080. The molecule has 0 N–H and O–H groups in total. The second-order valence-corrected chi connectivity index (χ2v) is 7.85. The summed E-state index contributed by atoms with van der Waals surface area (Å²) in [6.45, 7) is 3.30. The van der Waals surface area contributed by atoms with Gasteiger partial charge in [0.15, 0.2) is 0 Å². The van der Waals surface area contributed by atoms with Gasteiger partial charge < -0.3 is 9.80 Å². The zero-order valence-corrected chi connectivity index (χ0v) is 16.4.